The van der Waals surface area contributed by atoms with E-state index in [9.17, 15) is 4.79 Å². The number of ether oxygens (including phenoxy) is 1. The standard InChI is InChI=1S/C9H17NO3/c1-7(13-2)9(12)10-5-3-4-8(10)6-11/h7-8,11H,3-6H2,1-2H3. The average Bonchev–Trinajstić information content (AvgIpc) is 2.62. The van der Waals surface area contributed by atoms with Gasteiger partial charge < -0.3 is 14.7 Å². The lowest BCUT2D eigenvalue weighted by molar-refractivity contribution is -0.142. The number of likely N-dealkylation sites (tertiary alicyclic amines) is 1. The second-order valence-electron chi connectivity index (χ2n) is 3.39. The van der Waals surface area contributed by atoms with E-state index in [0.717, 1.165) is 19.4 Å². The molecule has 2 atom stereocenters. The highest BCUT2D eigenvalue weighted by Crippen LogP contribution is 2.17. The van der Waals surface area contributed by atoms with Crippen LogP contribution < -0.4 is 0 Å². The van der Waals surface area contributed by atoms with Crippen molar-refractivity contribution in [2.24, 2.45) is 0 Å². The van der Waals surface area contributed by atoms with E-state index < -0.39 is 6.10 Å². The highest BCUT2D eigenvalue weighted by Gasteiger charge is 2.30. The summed E-state index contributed by atoms with van der Waals surface area (Å²) in [7, 11) is 1.52. The monoisotopic (exact) mass is 187 g/mol. The van der Waals surface area contributed by atoms with Gasteiger partial charge in [-0.1, -0.05) is 0 Å². The topological polar surface area (TPSA) is 49.8 Å². The van der Waals surface area contributed by atoms with Gasteiger partial charge in [0, 0.05) is 13.7 Å². The maximum absolute atomic E-state index is 11.6. The summed E-state index contributed by atoms with van der Waals surface area (Å²) in [5.74, 6) is -0.0148. The predicted molar refractivity (Wildman–Crippen MR) is 48.3 cm³/mol. The lowest BCUT2D eigenvalue weighted by atomic mass is 10.2. The van der Waals surface area contributed by atoms with Crippen molar-refractivity contribution in [2.45, 2.75) is 31.9 Å². The number of nitrogens with zero attached hydrogens (tertiary/aromatic N) is 1. The minimum absolute atomic E-state index is 0.00472. The molecule has 1 fully saturated rings. The van der Waals surface area contributed by atoms with Crippen LogP contribution in [-0.4, -0.2) is 48.3 Å². The number of carbonyl (C=O) groups excluding carboxylic acids is 1. The Morgan fingerprint density at radius 3 is 3.00 bits per heavy atom. The fourth-order valence-corrected chi connectivity index (χ4v) is 1.65. The summed E-state index contributed by atoms with van der Waals surface area (Å²) in [5.41, 5.74) is 0. The number of methoxy groups -OCH3 is 1. The highest BCUT2D eigenvalue weighted by molar-refractivity contribution is 5.81. The smallest absolute Gasteiger partial charge is 0.251 e. The summed E-state index contributed by atoms with van der Waals surface area (Å²) in [6, 6.07) is 0.00472. The average molecular weight is 187 g/mol. The van der Waals surface area contributed by atoms with Crippen molar-refractivity contribution in [2.75, 3.05) is 20.3 Å². The minimum Gasteiger partial charge on any atom is -0.394 e. The van der Waals surface area contributed by atoms with Crippen LogP contribution in [0.25, 0.3) is 0 Å². The van der Waals surface area contributed by atoms with Crippen molar-refractivity contribution in [3.05, 3.63) is 0 Å². The number of carbonyl (C=O) groups is 1. The van der Waals surface area contributed by atoms with Gasteiger partial charge in [0.05, 0.1) is 12.6 Å². The number of amides is 1. The molecule has 1 amide bonds. The van der Waals surface area contributed by atoms with E-state index in [0.29, 0.717) is 0 Å². The molecule has 76 valence electrons. The summed E-state index contributed by atoms with van der Waals surface area (Å²) in [6.45, 7) is 2.54. The molecule has 0 aromatic rings. The van der Waals surface area contributed by atoms with Gasteiger partial charge in [-0.3, -0.25) is 4.79 Å². The zero-order valence-electron chi connectivity index (χ0n) is 8.19. The summed E-state index contributed by atoms with van der Waals surface area (Å²) >= 11 is 0. The fourth-order valence-electron chi connectivity index (χ4n) is 1.65. The summed E-state index contributed by atoms with van der Waals surface area (Å²) < 4.78 is 4.94. The van der Waals surface area contributed by atoms with Gasteiger partial charge in [-0.05, 0) is 19.8 Å². The largest absolute Gasteiger partial charge is 0.394 e. The van der Waals surface area contributed by atoms with Gasteiger partial charge in [-0.15, -0.1) is 0 Å². The molecule has 0 aromatic heterocycles. The van der Waals surface area contributed by atoms with Crippen LogP contribution >= 0.6 is 0 Å². The van der Waals surface area contributed by atoms with E-state index in [4.69, 9.17) is 9.84 Å². The molecule has 0 radical (unpaired) electrons. The van der Waals surface area contributed by atoms with Crippen LogP contribution in [0.4, 0.5) is 0 Å². The molecule has 0 bridgehead atoms. The SMILES string of the molecule is COC(C)C(=O)N1CCCC1CO. The molecule has 13 heavy (non-hydrogen) atoms. The Hall–Kier alpha value is -0.610. The van der Waals surface area contributed by atoms with Crippen molar-refractivity contribution in [1.29, 1.82) is 0 Å². The molecule has 4 nitrogen and oxygen atoms in total. The second-order valence-corrected chi connectivity index (χ2v) is 3.39. The van der Waals surface area contributed by atoms with Gasteiger partial charge in [-0.2, -0.15) is 0 Å². The van der Waals surface area contributed by atoms with Crippen molar-refractivity contribution >= 4 is 5.91 Å². The lowest BCUT2D eigenvalue weighted by Crippen LogP contribution is -2.43. The Balaban J connectivity index is 2.54. The number of hydrogen-bond acceptors (Lipinski definition) is 3. The van der Waals surface area contributed by atoms with E-state index >= 15 is 0 Å². The maximum atomic E-state index is 11.6. The third-order valence-electron chi connectivity index (χ3n) is 2.57. The Morgan fingerprint density at radius 1 is 1.77 bits per heavy atom. The first-order valence-electron chi connectivity index (χ1n) is 4.64. The molecule has 1 saturated heterocycles. The number of aliphatic hydroxyl groups excluding tert-OH is 1. The molecule has 1 N–H and O–H groups in total. The maximum Gasteiger partial charge on any atom is 0.251 e. The molecule has 0 aliphatic carbocycles. The van der Waals surface area contributed by atoms with E-state index in [2.05, 4.69) is 0 Å². The van der Waals surface area contributed by atoms with Crippen molar-refractivity contribution < 1.29 is 14.6 Å². The summed E-state index contributed by atoms with van der Waals surface area (Å²) in [5, 5.41) is 9.01. The van der Waals surface area contributed by atoms with Gasteiger partial charge in [0.25, 0.3) is 5.91 Å². The fraction of sp³-hybridized carbons (Fsp3) is 0.889. The van der Waals surface area contributed by atoms with Crippen LogP contribution in [0, 0.1) is 0 Å². The third-order valence-corrected chi connectivity index (χ3v) is 2.57. The Bertz CT molecular complexity index is 184. The first kappa shape index (κ1) is 10.5. The van der Waals surface area contributed by atoms with E-state index in [-0.39, 0.29) is 18.6 Å². The molecule has 1 aliphatic rings. The molecule has 1 rings (SSSR count). The molecule has 1 heterocycles. The molecule has 4 heteroatoms. The Kier molecular flexibility index (Phi) is 3.69. The number of hydrogen-bond donors (Lipinski definition) is 1. The zero-order valence-corrected chi connectivity index (χ0v) is 8.19. The van der Waals surface area contributed by atoms with E-state index in [1.54, 1.807) is 11.8 Å². The van der Waals surface area contributed by atoms with E-state index in [1.807, 2.05) is 0 Å². The summed E-state index contributed by atoms with van der Waals surface area (Å²) in [4.78, 5) is 13.4. The van der Waals surface area contributed by atoms with Crippen LogP contribution in [0.1, 0.15) is 19.8 Å². The van der Waals surface area contributed by atoms with Gasteiger partial charge in [0.1, 0.15) is 6.10 Å². The van der Waals surface area contributed by atoms with Crippen molar-refractivity contribution in [3.8, 4) is 0 Å². The molecular formula is C9H17NO3. The van der Waals surface area contributed by atoms with Crippen LogP contribution in [0.2, 0.25) is 0 Å². The molecule has 1 aliphatic heterocycles. The van der Waals surface area contributed by atoms with Crippen molar-refractivity contribution in [3.63, 3.8) is 0 Å². The second kappa shape index (κ2) is 4.58. The predicted octanol–water partition coefficient (Wildman–Crippen LogP) is 0.00460. The first-order valence-corrected chi connectivity index (χ1v) is 4.64. The normalized spacial score (nSPS) is 24.8. The minimum atomic E-state index is -0.396. The molecule has 0 aromatic carbocycles. The Morgan fingerprint density at radius 2 is 2.46 bits per heavy atom. The highest BCUT2D eigenvalue weighted by atomic mass is 16.5. The third kappa shape index (κ3) is 2.19. The van der Waals surface area contributed by atoms with Crippen LogP contribution in [-0.2, 0) is 9.53 Å². The van der Waals surface area contributed by atoms with Crippen LogP contribution in [0.5, 0.6) is 0 Å². The van der Waals surface area contributed by atoms with Gasteiger partial charge in [-0.25, -0.2) is 0 Å². The lowest BCUT2D eigenvalue weighted by Gasteiger charge is -2.25. The first-order chi connectivity index (χ1) is 6.20. The quantitative estimate of drug-likeness (QED) is 0.677. The van der Waals surface area contributed by atoms with Gasteiger partial charge in [0.15, 0.2) is 0 Å². The van der Waals surface area contributed by atoms with E-state index in [1.165, 1.54) is 7.11 Å². The molecule has 2 unspecified atom stereocenters. The number of rotatable bonds is 3. The molecule has 0 spiro atoms. The molecule has 0 saturated carbocycles. The Labute approximate surface area is 78.5 Å². The van der Waals surface area contributed by atoms with Gasteiger partial charge in [0.2, 0.25) is 0 Å². The van der Waals surface area contributed by atoms with Crippen LogP contribution in [0.3, 0.4) is 0 Å². The molecular weight excluding hydrogens is 170 g/mol. The van der Waals surface area contributed by atoms with Crippen molar-refractivity contribution in [1.82, 2.24) is 4.90 Å². The number of aliphatic hydroxyl groups is 1. The van der Waals surface area contributed by atoms with Crippen LogP contribution in [0.15, 0.2) is 0 Å². The summed E-state index contributed by atoms with van der Waals surface area (Å²) in [6.07, 6.45) is 1.48. The van der Waals surface area contributed by atoms with Gasteiger partial charge >= 0.3 is 0 Å². The zero-order chi connectivity index (χ0) is 9.84.